The van der Waals surface area contributed by atoms with Crippen LogP contribution in [0.2, 0.25) is 0 Å². The lowest BCUT2D eigenvalue weighted by atomic mass is 10.3. The highest BCUT2D eigenvalue weighted by atomic mass is 16.2. The first kappa shape index (κ1) is 11.2. The fourth-order valence-corrected chi connectivity index (χ4v) is 1.92. The molecule has 88 valence electrons. The zero-order valence-corrected chi connectivity index (χ0v) is 10.4. The number of hydrogen-bond acceptors (Lipinski definition) is 2. The fraction of sp³-hybridized carbons (Fsp3) is 0.667. The summed E-state index contributed by atoms with van der Waals surface area (Å²) in [6, 6.07) is 0.324. The Morgan fingerprint density at radius 2 is 2.06 bits per heavy atom. The van der Waals surface area contributed by atoms with Gasteiger partial charge in [-0.1, -0.05) is 0 Å². The van der Waals surface area contributed by atoms with E-state index in [2.05, 4.69) is 24.3 Å². The van der Waals surface area contributed by atoms with Crippen molar-refractivity contribution in [3.05, 3.63) is 11.4 Å². The average Bonchev–Trinajstić information content (AvgIpc) is 3.00. The van der Waals surface area contributed by atoms with E-state index in [-0.39, 0.29) is 11.8 Å². The summed E-state index contributed by atoms with van der Waals surface area (Å²) in [5.74, 6) is 0.385. The summed E-state index contributed by atoms with van der Waals surface area (Å²) in [4.78, 5) is 11.7. The zero-order chi connectivity index (χ0) is 11.9. The molecule has 0 spiro atoms. The minimum absolute atomic E-state index is 0.148. The van der Waals surface area contributed by atoms with E-state index < -0.39 is 0 Å². The number of aryl methyl sites for hydroxylation is 1. The molecule has 0 aromatic carbocycles. The molecule has 0 aliphatic heterocycles. The predicted octanol–water partition coefficient (Wildman–Crippen LogP) is 2.43. The molecule has 1 aliphatic rings. The molecular formula is C12H19N3O. The van der Waals surface area contributed by atoms with Crippen molar-refractivity contribution < 1.29 is 4.79 Å². The van der Waals surface area contributed by atoms with Gasteiger partial charge in [-0.25, -0.2) is 0 Å². The third-order valence-corrected chi connectivity index (χ3v) is 3.01. The van der Waals surface area contributed by atoms with E-state index in [1.807, 2.05) is 18.5 Å². The summed E-state index contributed by atoms with van der Waals surface area (Å²) >= 11 is 0. The van der Waals surface area contributed by atoms with Crippen LogP contribution in [0, 0.1) is 19.8 Å². The first-order chi connectivity index (χ1) is 7.50. The molecule has 4 heteroatoms. The molecule has 1 N–H and O–H groups in total. The smallest absolute Gasteiger partial charge is 0.227 e. The van der Waals surface area contributed by atoms with Gasteiger partial charge in [0, 0.05) is 12.0 Å². The third kappa shape index (κ3) is 1.96. The van der Waals surface area contributed by atoms with Crippen molar-refractivity contribution in [1.29, 1.82) is 0 Å². The normalized spacial score (nSPS) is 15.6. The Hall–Kier alpha value is -1.32. The number of carbonyl (C=O) groups excluding carboxylic acids is 1. The summed E-state index contributed by atoms with van der Waals surface area (Å²) in [6.45, 7) is 8.12. The van der Waals surface area contributed by atoms with Gasteiger partial charge < -0.3 is 5.32 Å². The van der Waals surface area contributed by atoms with Crippen molar-refractivity contribution in [2.24, 2.45) is 5.92 Å². The molecular weight excluding hydrogens is 202 g/mol. The number of nitrogens with one attached hydrogen (secondary N) is 1. The second kappa shape index (κ2) is 3.92. The van der Waals surface area contributed by atoms with Crippen LogP contribution in [0.1, 0.15) is 44.1 Å². The Bertz CT molecular complexity index is 416. The Morgan fingerprint density at radius 1 is 1.44 bits per heavy atom. The zero-order valence-electron chi connectivity index (χ0n) is 10.4. The maximum Gasteiger partial charge on any atom is 0.227 e. The number of nitrogens with zero attached hydrogens (tertiary/aromatic N) is 2. The van der Waals surface area contributed by atoms with Crippen molar-refractivity contribution in [1.82, 2.24) is 9.78 Å². The Kier molecular flexibility index (Phi) is 2.74. The lowest BCUT2D eigenvalue weighted by molar-refractivity contribution is -0.117. The number of carbonyl (C=O) groups is 1. The highest BCUT2D eigenvalue weighted by Crippen LogP contribution is 2.31. The number of amides is 1. The molecule has 1 fully saturated rings. The second-order valence-corrected chi connectivity index (χ2v) is 4.85. The van der Waals surface area contributed by atoms with E-state index in [0.717, 1.165) is 29.9 Å². The van der Waals surface area contributed by atoms with Crippen LogP contribution in [0.5, 0.6) is 0 Å². The predicted molar refractivity (Wildman–Crippen MR) is 63.4 cm³/mol. The number of aromatic nitrogens is 2. The largest absolute Gasteiger partial charge is 0.323 e. The minimum Gasteiger partial charge on any atom is -0.323 e. The topological polar surface area (TPSA) is 46.9 Å². The van der Waals surface area contributed by atoms with Crippen molar-refractivity contribution in [3.63, 3.8) is 0 Å². The van der Waals surface area contributed by atoms with E-state index in [9.17, 15) is 4.79 Å². The molecule has 0 bridgehead atoms. The van der Waals surface area contributed by atoms with Gasteiger partial charge >= 0.3 is 0 Å². The molecule has 1 heterocycles. The summed E-state index contributed by atoms with van der Waals surface area (Å²) in [6.07, 6.45) is 2.06. The van der Waals surface area contributed by atoms with Crippen molar-refractivity contribution in [3.8, 4) is 0 Å². The van der Waals surface area contributed by atoms with Crippen LogP contribution in [0.25, 0.3) is 0 Å². The number of hydrogen-bond donors (Lipinski definition) is 1. The van der Waals surface area contributed by atoms with Gasteiger partial charge in [0.05, 0.1) is 17.1 Å². The second-order valence-electron chi connectivity index (χ2n) is 4.85. The van der Waals surface area contributed by atoms with Gasteiger partial charge in [0.1, 0.15) is 0 Å². The number of anilines is 1. The molecule has 1 aromatic rings. The van der Waals surface area contributed by atoms with Crippen LogP contribution in [-0.2, 0) is 4.79 Å². The van der Waals surface area contributed by atoms with Gasteiger partial charge in [-0.2, -0.15) is 5.10 Å². The molecule has 0 atom stereocenters. The molecule has 0 saturated heterocycles. The van der Waals surface area contributed by atoms with E-state index in [1.165, 1.54) is 0 Å². The van der Waals surface area contributed by atoms with Crippen molar-refractivity contribution >= 4 is 11.6 Å². The van der Waals surface area contributed by atoms with Crippen molar-refractivity contribution in [2.75, 3.05) is 5.32 Å². The van der Waals surface area contributed by atoms with Crippen LogP contribution >= 0.6 is 0 Å². The molecule has 1 aromatic heterocycles. The monoisotopic (exact) mass is 221 g/mol. The van der Waals surface area contributed by atoms with E-state index >= 15 is 0 Å². The lowest BCUT2D eigenvalue weighted by Gasteiger charge is -2.09. The average molecular weight is 221 g/mol. The van der Waals surface area contributed by atoms with Crippen LogP contribution in [-0.4, -0.2) is 15.7 Å². The Morgan fingerprint density at radius 3 is 2.50 bits per heavy atom. The van der Waals surface area contributed by atoms with E-state index in [1.54, 1.807) is 0 Å². The van der Waals surface area contributed by atoms with Gasteiger partial charge in [-0.3, -0.25) is 9.48 Å². The highest BCUT2D eigenvalue weighted by Gasteiger charge is 2.30. The van der Waals surface area contributed by atoms with Crippen LogP contribution in [0.3, 0.4) is 0 Å². The third-order valence-electron chi connectivity index (χ3n) is 3.01. The fourth-order valence-electron chi connectivity index (χ4n) is 1.92. The molecule has 0 radical (unpaired) electrons. The van der Waals surface area contributed by atoms with Crippen LogP contribution < -0.4 is 5.32 Å². The first-order valence-electron chi connectivity index (χ1n) is 5.87. The van der Waals surface area contributed by atoms with E-state index in [4.69, 9.17) is 0 Å². The standard InChI is InChI=1S/C12H19N3O/c1-7(2)15-9(4)11(8(3)14-15)13-12(16)10-5-6-10/h7,10H,5-6H2,1-4H3,(H,13,16). The summed E-state index contributed by atoms with van der Waals surface area (Å²) < 4.78 is 1.96. The molecule has 16 heavy (non-hydrogen) atoms. The summed E-state index contributed by atoms with van der Waals surface area (Å²) in [7, 11) is 0. The molecule has 1 saturated carbocycles. The maximum absolute atomic E-state index is 11.7. The molecule has 1 amide bonds. The molecule has 1 aliphatic carbocycles. The summed E-state index contributed by atoms with van der Waals surface area (Å²) in [5, 5.41) is 7.44. The lowest BCUT2D eigenvalue weighted by Crippen LogP contribution is -2.14. The number of rotatable bonds is 3. The SMILES string of the molecule is Cc1nn(C(C)C)c(C)c1NC(=O)C1CC1. The highest BCUT2D eigenvalue weighted by molar-refractivity contribution is 5.95. The van der Waals surface area contributed by atoms with Crippen molar-refractivity contribution in [2.45, 2.75) is 46.6 Å². The van der Waals surface area contributed by atoms with Gasteiger partial charge in [0.15, 0.2) is 0 Å². The Labute approximate surface area is 96.0 Å². The van der Waals surface area contributed by atoms with Gasteiger partial charge in [0.25, 0.3) is 0 Å². The quantitative estimate of drug-likeness (QED) is 0.852. The van der Waals surface area contributed by atoms with Gasteiger partial charge in [-0.15, -0.1) is 0 Å². The molecule has 0 unspecified atom stereocenters. The maximum atomic E-state index is 11.7. The van der Waals surface area contributed by atoms with E-state index in [0.29, 0.717) is 6.04 Å². The Balaban J connectivity index is 2.22. The van der Waals surface area contributed by atoms with Gasteiger partial charge in [0.2, 0.25) is 5.91 Å². The minimum atomic E-state index is 0.148. The first-order valence-corrected chi connectivity index (χ1v) is 5.87. The van der Waals surface area contributed by atoms with Crippen LogP contribution in [0.4, 0.5) is 5.69 Å². The summed E-state index contributed by atoms with van der Waals surface area (Å²) in [5.41, 5.74) is 2.84. The molecule has 2 rings (SSSR count). The molecule has 4 nitrogen and oxygen atoms in total. The van der Waals surface area contributed by atoms with Crippen LogP contribution in [0.15, 0.2) is 0 Å². The van der Waals surface area contributed by atoms with Gasteiger partial charge in [-0.05, 0) is 40.5 Å².